The quantitative estimate of drug-likeness (QED) is 0.471. The largest absolute Gasteiger partial charge is 0.493 e. The number of unbranched alkanes of at least 4 members (excludes halogenated alkanes) is 4. The van der Waals surface area contributed by atoms with Crippen LogP contribution < -0.4 is 10.2 Å². The van der Waals surface area contributed by atoms with E-state index in [0.717, 1.165) is 17.7 Å². The molecule has 1 aromatic carbocycles. The Balaban J connectivity index is 1.72. The van der Waals surface area contributed by atoms with Crippen molar-refractivity contribution in [3.8, 4) is 17.2 Å². The average molecular weight is 311 g/mol. The highest BCUT2D eigenvalue weighted by molar-refractivity contribution is 5.77. The first kappa shape index (κ1) is 15.5. The van der Waals surface area contributed by atoms with E-state index in [1.54, 1.807) is 6.07 Å². The minimum Gasteiger partial charge on any atom is -0.493 e. The summed E-state index contributed by atoms with van der Waals surface area (Å²) in [5, 5.41) is 0. The topological polar surface area (TPSA) is 52.3 Å². The lowest BCUT2D eigenvalue weighted by atomic mass is 10.2. The van der Waals surface area contributed by atoms with Crippen LogP contribution in [0, 0.1) is 0 Å². The fraction of sp³-hybridized carbons (Fsp3) is 0.368. The summed E-state index contributed by atoms with van der Waals surface area (Å²) in [6.07, 6.45) is 6.06. The number of rotatable bonds is 7. The number of hydrogen-bond donors (Lipinski definition) is 0. The Morgan fingerprint density at radius 3 is 2.78 bits per heavy atom. The van der Waals surface area contributed by atoms with Gasteiger partial charge < -0.3 is 9.15 Å². The van der Waals surface area contributed by atoms with Crippen molar-refractivity contribution in [2.24, 2.45) is 0 Å². The van der Waals surface area contributed by atoms with Crippen LogP contribution in [0.2, 0.25) is 0 Å². The van der Waals surface area contributed by atoms with E-state index in [0.29, 0.717) is 23.6 Å². The molecule has 4 nitrogen and oxygen atoms in total. The predicted octanol–water partition coefficient (Wildman–Crippen LogP) is 4.64. The van der Waals surface area contributed by atoms with Gasteiger partial charge in [-0.15, -0.1) is 0 Å². The molecule has 120 valence electrons. The Morgan fingerprint density at radius 1 is 1.04 bits per heavy atom. The second-order valence-electron chi connectivity index (χ2n) is 5.74. The highest BCUT2D eigenvalue weighted by Gasteiger charge is 2.09. The molecule has 1 aliphatic heterocycles. The molecule has 0 saturated carbocycles. The van der Waals surface area contributed by atoms with E-state index in [2.05, 4.69) is 11.9 Å². The Morgan fingerprint density at radius 2 is 1.91 bits per heavy atom. The SMILES string of the molecule is CCCCCCCOc1ccc2nc3ccc(=O)cc-3oc2c1. The molecule has 0 N–H and O–H groups in total. The molecular weight excluding hydrogens is 290 g/mol. The number of hydrogen-bond acceptors (Lipinski definition) is 4. The van der Waals surface area contributed by atoms with Crippen LogP contribution in [0.5, 0.6) is 5.75 Å². The van der Waals surface area contributed by atoms with Crippen LogP contribution in [0.25, 0.3) is 22.6 Å². The molecule has 0 aromatic heterocycles. The third-order valence-electron chi connectivity index (χ3n) is 3.84. The lowest BCUT2D eigenvalue weighted by Crippen LogP contribution is -2.00. The minimum atomic E-state index is -0.0816. The van der Waals surface area contributed by atoms with E-state index in [-0.39, 0.29) is 5.43 Å². The van der Waals surface area contributed by atoms with Gasteiger partial charge in [0.2, 0.25) is 0 Å². The first-order valence-electron chi connectivity index (χ1n) is 8.24. The standard InChI is InChI=1S/C19H21NO3/c1-2-3-4-5-6-11-22-15-8-10-17-19(13-15)23-18-12-14(21)7-9-16(18)20-17/h7-10,12-13H,2-6,11H2,1H3. The molecule has 1 aliphatic carbocycles. The molecule has 0 bridgehead atoms. The number of fused-ring (bicyclic) bond motifs is 2. The normalized spacial score (nSPS) is 11.2. The van der Waals surface area contributed by atoms with Crippen molar-refractivity contribution in [1.29, 1.82) is 0 Å². The number of aromatic nitrogens is 1. The van der Waals surface area contributed by atoms with Crippen LogP contribution in [0.3, 0.4) is 0 Å². The molecule has 0 amide bonds. The van der Waals surface area contributed by atoms with Crippen LogP contribution >= 0.6 is 0 Å². The highest BCUT2D eigenvalue weighted by Crippen LogP contribution is 2.26. The van der Waals surface area contributed by atoms with Crippen molar-refractivity contribution in [3.63, 3.8) is 0 Å². The van der Waals surface area contributed by atoms with Gasteiger partial charge in [0.1, 0.15) is 17.0 Å². The Kier molecular flexibility index (Phi) is 4.91. The summed E-state index contributed by atoms with van der Waals surface area (Å²) in [6, 6.07) is 10.3. The Labute approximate surface area is 135 Å². The van der Waals surface area contributed by atoms with Gasteiger partial charge in [0, 0.05) is 12.1 Å². The number of ether oxygens (including phenoxy) is 1. The van der Waals surface area contributed by atoms with Gasteiger partial charge >= 0.3 is 0 Å². The molecule has 0 fully saturated rings. The molecule has 2 aliphatic rings. The lowest BCUT2D eigenvalue weighted by Gasteiger charge is -2.09. The number of benzene rings is 2. The maximum absolute atomic E-state index is 11.4. The molecule has 0 radical (unpaired) electrons. The summed E-state index contributed by atoms with van der Waals surface area (Å²) in [5.74, 6) is 1.28. The Hall–Kier alpha value is -2.36. The van der Waals surface area contributed by atoms with Crippen molar-refractivity contribution in [2.45, 2.75) is 39.0 Å². The highest BCUT2D eigenvalue weighted by atomic mass is 16.5. The zero-order valence-electron chi connectivity index (χ0n) is 13.4. The third kappa shape index (κ3) is 3.89. The van der Waals surface area contributed by atoms with E-state index >= 15 is 0 Å². The predicted molar refractivity (Wildman–Crippen MR) is 91.2 cm³/mol. The van der Waals surface area contributed by atoms with E-state index in [4.69, 9.17) is 9.15 Å². The van der Waals surface area contributed by atoms with E-state index in [1.807, 2.05) is 18.2 Å². The summed E-state index contributed by atoms with van der Waals surface area (Å²) < 4.78 is 11.6. The average Bonchev–Trinajstić information content (AvgIpc) is 2.56. The maximum atomic E-state index is 11.4. The third-order valence-corrected chi connectivity index (χ3v) is 3.84. The molecular formula is C19H21NO3. The van der Waals surface area contributed by atoms with Gasteiger partial charge in [-0.3, -0.25) is 4.79 Å². The number of nitrogens with zero attached hydrogens (tertiary/aromatic N) is 1. The second-order valence-corrected chi connectivity index (χ2v) is 5.74. The fourth-order valence-electron chi connectivity index (χ4n) is 2.57. The summed E-state index contributed by atoms with van der Waals surface area (Å²) in [6.45, 7) is 2.92. The monoisotopic (exact) mass is 311 g/mol. The molecule has 0 spiro atoms. The molecule has 1 aromatic rings. The van der Waals surface area contributed by atoms with Crippen LogP contribution in [0.15, 0.2) is 45.6 Å². The maximum Gasteiger partial charge on any atom is 0.182 e. The first-order valence-corrected chi connectivity index (χ1v) is 8.24. The van der Waals surface area contributed by atoms with Crippen LogP contribution in [0.4, 0.5) is 0 Å². The molecule has 4 heteroatoms. The first-order chi connectivity index (χ1) is 11.3. The van der Waals surface area contributed by atoms with Gasteiger partial charge in [0.05, 0.1) is 6.61 Å². The van der Waals surface area contributed by atoms with E-state index in [1.165, 1.54) is 37.8 Å². The molecule has 3 rings (SSSR count). The molecule has 23 heavy (non-hydrogen) atoms. The lowest BCUT2D eigenvalue weighted by molar-refractivity contribution is 0.304. The molecule has 0 unspecified atom stereocenters. The summed E-state index contributed by atoms with van der Waals surface area (Å²) in [5.41, 5.74) is 1.99. The van der Waals surface area contributed by atoms with Gasteiger partial charge in [0.15, 0.2) is 16.8 Å². The fourth-order valence-corrected chi connectivity index (χ4v) is 2.57. The summed E-state index contributed by atoms with van der Waals surface area (Å²) >= 11 is 0. The van der Waals surface area contributed by atoms with Crippen molar-refractivity contribution in [1.82, 2.24) is 4.98 Å². The molecule has 0 saturated heterocycles. The second kappa shape index (κ2) is 7.27. The van der Waals surface area contributed by atoms with E-state index < -0.39 is 0 Å². The zero-order chi connectivity index (χ0) is 16.1. The van der Waals surface area contributed by atoms with Gasteiger partial charge in [-0.1, -0.05) is 32.6 Å². The Bertz CT molecular complexity index is 809. The van der Waals surface area contributed by atoms with Crippen molar-refractivity contribution in [3.05, 3.63) is 46.6 Å². The smallest absolute Gasteiger partial charge is 0.182 e. The van der Waals surface area contributed by atoms with Gasteiger partial charge in [0.25, 0.3) is 0 Å². The van der Waals surface area contributed by atoms with Crippen LogP contribution in [-0.4, -0.2) is 11.6 Å². The zero-order valence-corrected chi connectivity index (χ0v) is 13.4. The summed E-state index contributed by atoms with van der Waals surface area (Å²) in [7, 11) is 0. The van der Waals surface area contributed by atoms with Gasteiger partial charge in [-0.05, 0) is 30.7 Å². The van der Waals surface area contributed by atoms with Crippen LogP contribution in [-0.2, 0) is 0 Å². The van der Waals surface area contributed by atoms with Gasteiger partial charge in [-0.25, -0.2) is 4.98 Å². The van der Waals surface area contributed by atoms with Crippen molar-refractivity contribution >= 4 is 11.1 Å². The van der Waals surface area contributed by atoms with Crippen molar-refractivity contribution < 1.29 is 9.15 Å². The molecule has 0 atom stereocenters. The van der Waals surface area contributed by atoms with Crippen LogP contribution in [0.1, 0.15) is 39.0 Å². The van der Waals surface area contributed by atoms with Crippen molar-refractivity contribution in [2.75, 3.05) is 6.61 Å². The van der Waals surface area contributed by atoms with Gasteiger partial charge in [-0.2, -0.15) is 0 Å². The molecule has 1 heterocycles. The summed E-state index contributed by atoms with van der Waals surface area (Å²) in [4.78, 5) is 15.9. The minimum absolute atomic E-state index is 0.0816. The van der Waals surface area contributed by atoms with E-state index in [9.17, 15) is 4.79 Å².